The van der Waals surface area contributed by atoms with Crippen LogP contribution in [-0.4, -0.2) is 6.71 Å². The average Bonchev–Trinajstić information content (AvgIpc) is 3.50. The minimum Gasteiger partial charge on any atom is -0.468 e. The zero-order valence-electron chi connectivity index (χ0n) is 32.9. The van der Waals surface area contributed by atoms with E-state index in [2.05, 4.69) is 169 Å². The van der Waals surface area contributed by atoms with Crippen molar-refractivity contribution >= 4 is 68.4 Å². The van der Waals surface area contributed by atoms with Crippen LogP contribution in [0.4, 0.5) is 34.1 Å². The molecule has 0 spiro atoms. The van der Waals surface area contributed by atoms with Crippen LogP contribution in [0.25, 0.3) is 11.0 Å². The van der Waals surface area contributed by atoms with E-state index < -0.39 is 0 Å². The topological polar surface area (TPSA) is 19.6 Å². The van der Waals surface area contributed by atoms with E-state index >= 15 is 0 Å². The number of benzene rings is 5. The maximum atomic E-state index is 7.43. The SMILES string of the molecule is Cc1ccccc1N1c2cccc3c2B(c2cc4c(cc2N3c2ccccc2)C(C)(C)CCC4(C)C)c2oc3cc4c(cc3c21)C(C)(C)CCC4(C)C. The summed E-state index contributed by atoms with van der Waals surface area (Å²) >= 11 is 0. The van der Waals surface area contributed by atoms with Gasteiger partial charge in [0.25, 0.3) is 6.71 Å². The van der Waals surface area contributed by atoms with Gasteiger partial charge in [0, 0.05) is 33.8 Å². The molecule has 6 aromatic rings. The largest absolute Gasteiger partial charge is 0.468 e. The molecule has 0 radical (unpaired) electrons. The fourth-order valence-corrected chi connectivity index (χ4v) is 10.5. The lowest BCUT2D eigenvalue weighted by Crippen LogP contribution is -2.61. The molecule has 5 aromatic carbocycles. The quantitative estimate of drug-likeness (QED) is 0.168. The number of rotatable bonds is 2. The summed E-state index contributed by atoms with van der Waals surface area (Å²) in [6, 6.07) is 36.9. The zero-order chi connectivity index (χ0) is 36.8. The molecule has 1 aromatic heterocycles. The van der Waals surface area contributed by atoms with Gasteiger partial charge in [-0.05, 0) is 142 Å². The normalized spacial score (nSPS) is 19.6. The summed E-state index contributed by atoms with van der Waals surface area (Å²) in [7, 11) is 0. The molecule has 0 saturated heterocycles. The first-order valence-corrected chi connectivity index (χ1v) is 19.8. The molecule has 0 amide bonds. The van der Waals surface area contributed by atoms with E-state index in [9.17, 15) is 0 Å². The van der Waals surface area contributed by atoms with Crippen molar-refractivity contribution in [1.82, 2.24) is 0 Å². The summed E-state index contributed by atoms with van der Waals surface area (Å²) in [4.78, 5) is 5.08. The van der Waals surface area contributed by atoms with Crippen LogP contribution < -0.4 is 26.4 Å². The van der Waals surface area contributed by atoms with E-state index in [1.807, 2.05) is 0 Å². The van der Waals surface area contributed by atoms with Gasteiger partial charge in [-0.1, -0.05) is 104 Å². The molecule has 0 bridgehead atoms. The van der Waals surface area contributed by atoms with Crippen molar-refractivity contribution in [2.24, 2.45) is 0 Å². The van der Waals surface area contributed by atoms with Crippen molar-refractivity contribution in [3.05, 3.63) is 125 Å². The molecule has 4 heteroatoms. The Hall–Kier alpha value is -4.70. The number of nitrogens with zero attached hydrogens (tertiary/aromatic N) is 2. The van der Waals surface area contributed by atoms with E-state index in [4.69, 9.17) is 4.42 Å². The van der Waals surface area contributed by atoms with Crippen molar-refractivity contribution in [1.29, 1.82) is 0 Å². The average molecular weight is 695 g/mol. The Morgan fingerprint density at radius 1 is 0.528 bits per heavy atom. The Morgan fingerprint density at radius 2 is 1.06 bits per heavy atom. The van der Waals surface area contributed by atoms with Gasteiger partial charge >= 0.3 is 0 Å². The van der Waals surface area contributed by atoms with Gasteiger partial charge in [0.2, 0.25) is 0 Å². The fourth-order valence-electron chi connectivity index (χ4n) is 10.5. The van der Waals surface area contributed by atoms with Gasteiger partial charge in [0.1, 0.15) is 5.58 Å². The molecule has 0 N–H and O–H groups in total. The predicted octanol–water partition coefficient (Wildman–Crippen LogP) is 11.5. The molecular weight excluding hydrogens is 643 g/mol. The standard InChI is InChI=1S/C49H51BN2O/c1-30-16-13-14-19-38(30)52-40-21-15-20-39-43(40)50(45-44(52)32-26-33-36(29-42(32)53-45)49(8,9)25-22-46(33,2)3)37-27-34-35(48(6,7)24-23-47(34,4)5)28-41(37)51(39)31-17-11-10-12-18-31/h10-21,26-29H,22-25H2,1-9H3. The molecule has 0 saturated carbocycles. The van der Waals surface area contributed by atoms with Gasteiger partial charge in [-0.25, -0.2) is 0 Å². The first-order chi connectivity index (χ1) is 25.2. The van der Waals surface area contributed by atoms with Crippen LogP contribution in [0.5, 0.6) is 0 Å². The Balaban J connectivity index is 1.35. The Bertz CT molecular complexity index is 2500. The number of furan rings is 1. The molecule has 0 atom stereocenters. The van der Waals surface area contributed by atoms with Gasteiger partial charge in [-0.15, -0.1) is 0 Å². The summed E-state index contributed by atoms with van der Waals surface area (Å²) < 4.78 is 7.43. The maximum absolute atomic E-state index is 7.43. The van der Waals surface area contributed by atoms with Crippen LogP contribution >= 0.6 is 0 Å². The van der Waals surface area contributed by atoms with Crippen LogP contribution in [0.2, 0.25) is 0 Å². The third kappa shape index (κ3) is 4.54. The van der Waals surface area contributed by atoms with Crippen molar-refractivity contribution in [3.8, 4) is 0 Å². The second kappa shape index (κ2) is 10.7. The highest BCUT2D eigenvalue weighted by atomic mass is 16.3. The smallest absolute Gasteiger partial charge is 0.297 e. The number of fused-ring (bicyclic) bond motifs is 8. The molecule has 3 nitrogen and oxygen atoms in total. The number of hydrogen-bond acceptors (Lipinski definition) is 3. The number of aryl methyl sites for hydroxylation is 1. The molecule has 2 aliphatic carbocycles. The van der Waals surface area contributed by atoms with Crippen molar-refractivity contribution in [2.45, 2.75) is 110 Å². The van der Waals surface area contributed by atoms with Gasteiger partial charge in [0.15, 0.2) is 0 Å². The summed E-state index contributed by atoms with van der Waals surface area (Å²) in [6.07, 6.45) is 4.70. The van der Waals surface area contributed by atoms with Gasteiger partial charge < -0.3 is 14.2 Å². The Labute approximate surface area is 316 Å². The second-order valence-corrected chi connectivity index (χ2v) is 19.1. The second-order valence-electron chi connectivity index (χ2n) is 19.1. The van der Waals surface area contributed by atoms with Crippen LogP contribution in [0.15, 0.2) is 101 Å². The zero-order valence-corrected chi connectivity index (χ0v) is 32.9. The number of anilines is 6. The van der Waals surface area contributed by atoms with E-state index in [0.29, 0.717) is 0 Å². The first kappa shape index (κ1) is 32.9. The van der Waals surface area contributed by atoms with Crippen LogP contribution in [0, 0.1) is 6.92 Å². The maximum Gasteiger partial charge on any atom is 0.297 e. The molecule has 3 heterocycles. The fraction of sp³-hybridized carbons (Fsp3) is 0.347. The highest BCUT2D eigenvalue weighted by Gasteiger charge is 2.49. The minimum atomic E-state index is -0.0528. The van der Waals surface area contributed by atoms with Gasteiger partial charge in [0.05, 0.1) is 11.3 Å². The Morgan fingerprint density at radius 3 is 1.70 bits per heavy atom. The van der Waals surface area contributed by atoms with Gasteiger partial charge in [-0.2, -0.15) is 0 Å². The van der Waals surface area contributed by atoms with Crippen molar-refractivity contribution in [2.75, 3.05) is 9.80 Å². The van der Waals surface area contributed by atoms with E-state index in [1.54, 1.807) is 0 Å². The van der Waals surface area contributed by atoms with E-state index in [1.165, 1.54) is 104 Å². The third-order valence-corrected chi connectivity index (χ3v) is 13.9. The Kier molecular flexibility index (Phi) is 6.65. The molecule has 2 aliphatic heterocycles. The number of hydrogen-bond donors (Lipinski definition) is 0. The van der Waals surface area contributed by atoms with E-state index in [0.717, 1.165) is 11.2 Å². The summed E-state index contributed by atoms with van der Waals surface area (Å²) in [6.45, 7) is 21.7. The van der Waals surface area contributed by atoms with Crippen LogP contribution in [-0.2, 0) is 21.7 Å². The lowest BCUT2D eigenvalue weighted by molar-refractivity contribution is 0.332. The monoisotopic (exact) mass is 694 g/mol. The van der Waals surface area contributed by atoms with Crippen LogP contribution in [0.3, 0.4) is 0 Å². The highest BCUT2D eigenvalue weighted by molar-refractivity contribution is 7.00. The minimum absolute atomic E-state index is 0.0528. The molecule has 0 fully saturated rings. The van der Waals surface area contributed by atoms with Crippen molar-refractivity contribution < 1.29 is 4.42 Å². The highest BCUT2D eigenvalue weighted by Crippen LogP contribution is 2.53. The predicted molar refractivity (Wildman–Crippen MR) is 226 cm³/mol. The first-order valence-electron chi connectivity index (χ1n) is 19.8. The van der Waals surface area contributed by atoms with E-state index in [-0.39, 0.29) is 28.4 Å². The summed E-state index contributed by atoms with van der Waals surface area (Å²) in [5.74, 6) is 0. The molecular formula is C49H51BN2O. The summed E-state index contributed by atoms with van der Waals surface area (Å²) in [5.41, 5.74) is 19.5. The molecule has 10 rings (SSSR count). The third-order valence-electron chi connectivity index (χ3n) is 13.9. The molecule has 0 unspecified atom stereocenters. The van der Waals surface area contributed by atoms with Gasteiger partial charge in [-0.3, -0.25) is 0 Å². The lowest BCUT2D eigenvalue weighted by Gasteiger charge is -2.46. The van der Waals surface area contributed by atoms with Crippen LogP contribution in [0.1, 0.15) is 109 Å². The van der Waals surface area contributed by atoms with Crippen molar-refractivity contribution in [3.63, 3.8) is 0 Å². The summed E-state index contributed by atoms with van der Waals surface area (Å²) in [5, 5.41) is 1.22. The lowest BCUT2D eigenvalue weighted by atomic mass is 9.35. The molecule has 53 heavy (non-hydrogen) atoms. The molecule has 266 valence electrons. The number of para-hydroxylation sites is 2. The molecule has 4 aliphatic rings.